The summed E-state index contributed by atoms with van der Waals surface area (Å²) in [6.07, 6.45) is -4.25. The molecule has 3 aliphatic rings. The summed E-state index contributed by atoms with van der Waals surface area (Å²) in [5, 5.41) is 26.9. The number of aliphatic hydroxyl groups excluding tert-OH is 2. The second-order valence-corrected chi connectivity index (χ2v) is 12.3. The zero-order valence-electron chi connectivity index (χ0n) is 23.7. The van der Waals surface area contributed by atoms with Gasteiger partial charge in [-0.15, -0.1) is 0 Å². The molecule has 1 saturated heterocycles. The number of nitrogens with zero attached hydrogens (tertiary/aromatic N) is 1. The lowest BCUT2D eigenvalue weighted by molar-refractivity contribution is -0.186. The zero-order chi connectivity index (χ0) is 30.2. The number of carbonyl (C=O) groups excluding carboxylic acids is 3. The molecule has 7 unspecified atom stereocenters. The topological polar surface area (TPSA) is 128 Å². The van der Waals surface area contributed by atoms with Crippen LogP contribution in [-0.2, 0) is 20.5 Å². The lowest BCUT2D eigenvalue weighted by Gasteiger charge is -2.60. The van der Waals surface area contributed by atoms with E-state index in [1.165, 1.54) is 19.1 Å². The molecule has 41 heavy (non-hydrogen) atoms. The number of hydrogen-bond acceptors (Lipinski definition) is 6. The number of carbonyl (C=O) groups is 3. The molecule has 0 bridgehead atoms. The van der Waals surface area contributed by atoms with Crippen LogP contribution in [0.2, 0.25) is 0 Å². The Morgan fingerprint density at radius 1 is 1.15 bits per heavy atom. The number of hydrogen-bond donors (Lipinski definition) is 4. The van der Waals surface area contributed by atoms with Crippen molar-refractivity contribution >= 4 is 23.6 Å². The van der Waals surface area contributed by atoms with Crippen molar-refractivity contribution in [2.24, 2.45) is 22.7 Å². The summed E-state index contributed by atoms with van der Waals surface area (Å²) in [7, 11) is 0. The number of amides is 3. The van der Waals surface area contributed by atoms with Gasteiger partial charge in [0, 0.05) is 43.6 Å². The highest BCUT2D eigenvalue weighted by molar-refractivity contribution is 5.85. The maximum absolute atomic E-state index is 13.3. The molecule has 0 spiro atoms. The summed E-state index contributed by atoms with van der Waals surface area (Å²) in [6.45, 7) is 5.93. The Hall–Kier alpha value is -2.86. The number of nitrogens with one attached hydrogen (secondary N) is 2. The van der Waals surface area contributed by atoms with Gasteiger partial charge in [-0.05, 0) is 67.6 Å². The Labute approximate surface area is 237 Å². The smallest absolute Gasteiger partial charge is 0.416 e. The SMILES string of the molecule is CC(=O)NC1CCN(C(=O)CC2C(O)CCC3C(C)(CO)C(OC(=O)Nc4cccc(C(F)(F)F)c4)CCC23C)C1. The van der Waals surface area contributed by atoms with Gasteiger partial charge in [0.1, 0.15) is 6.10 Å². The largest absolute Gasteiger partial charge is 0.445 e. The molecule has 1 heterocycles. The number of anilines is 1. The van der Waals surface area contributed by atoms with Crippen LogP contribution in [0, 0.1) is 22.7 Å². The highest BCUT2D eigenvalue weighted by Crippen LogP contribution is 2.61. The van der Waals surface area contributed by atoms with Gasteiger partial charge in [-0.25, -0.2) is 4.79 Å². The fourth-order valence-corrected chi connectivity index (χ4v) is 7.54. The van der Waals surface area contributed by atoms with Gasteiger partial charge >= 0.3 is 12.3 Å². The van der Waals surface area contributed by atoms with Gasteiger partial charge in [-0.2, -0.15) is 13.2 Å². The summed E-state index contributed by atoms with van der Waals surface area (Å²) < 4.78 is 45.0. The predicted molar refractivity (Wildman–Crippen MR) is 144 cm³/mol. The van der Waals surface area contributed by atoms with Crippen LogP contribution >= 0.6 is 0 Å². The average molecular weight is 584 g/mol. The molecule has 2 aliphatic carbocycles. The quantitative estimate of drug-likeness (QED) is 0.402. The number of aliphatic hydroxyl groups is 2. The van der Waals surface area contributed by atoms with Crippen molar-refractivity contribution in [2.75, 3.05) is 25.0 Å². The minimum atomic E-state index is -4.56. The Morgan fingerprint density at radius 2 is 1.88 bits per heavy atom. The first-order valence-electron chi connectivity index (χ1n) is 14.2. The van der Waals surface area contributed by atoms with Crippen LogP contribution < -0.4 is 10.6 Å². The number of benzene rings is 1. The number of rotatable bonds is 6. The van der Waals surface area contributed by atoms with E-state index in [9.17, 15) is 37.8 Å². The monoisotopic (exact) mass is 583 g/mol. The van der Waals surface area contributed by atoms with Crippen LogP contribution in [0.3, 0.4) is 0 Å². The fraction of sp³-hybridized carbons (Fsp3) is 0.690. The van der Waals surface area contributed by atoms with Crippen LogP contribution in [0.15, 0.2) is 24.3 Å². The molecule has 3 amide bonds. The third-order valence-electron chi connectivity index (χ3n) is 9.70. The van der Waals surface area contributed by atoms with Crippen molar-refractivity contribution in [3.8, 4) is 0 Å². The first kappa shape index (κ1) is 31.1. The van der Waals surface area contributed by atoms with Gasteiger partial charge in [0.15, 0.2) is 0 Å². The van der Waals surface area contributed by atoms with Gasteiger partial charge in [-0.3, -0.25) is 14.9 Å². The number of ether oxygens (including phenoxy) is 1. The second kappa shape index (κ2) is 11.8. The van der Waals surface area contributed by atoms with E-state index in [0.717, 1.165) is 12.1 Å². The molecule has 1 aromatic rings. The summed E-state index contributed by atoms with van der Waals surface area (Å²) in [5.41, 5.74) is -2.38. The van der Waals surface area contributed by atoms with Crippen molar-refractivity contribution in [1.82, 2.24) is 10.2 Å². The molecule has 7 atom stereocenters. The van der Waals surface area contributed by atoms with E-state index in [1.807, 2.05) is 13.8 Å². The zero-order valence-corrected chi connectivity index (χ0v) is 23.7. The molecule has 2 saturated carbocycles. The predicted octanol–water partition coefficient (Wildman–Crippen LogP) is 3.94. The highest BCUT2D eigenvalue weighted by Gasteiger charge is 2.60. The van der Waals surface area contributed by atoms with Gasteiger partial charge in [-0.1, -0.05) is 19.9 Å². The minimum Gasteiger partial charge on any atom is -0.445 e. The van der Waals surface area contributed by atoms with Crippen molar-refractivity contribution < 1.29 is 42.5 Å². The number of halogens is 3. The maximum atomic E-state index is 13.3. The third kappa shape index (κ3) is 6.48. The van der Waals surface area contributed by atoms with E-state index in [0.29, 0.717) is 45.2 Å². The molecule has 1 aliphatic heterocycles. The second-order valence-electron chi connectivity index (χ2n) is 12.3. The maximum Gasteiger partial charge on any atom is 0.416 e. The van der Waals surface area contributed by atoms with E-state index in [2.05, 4.69) is 10.6 Å². The van der Waals surface area contributed by atoms with Crippen LogP contribution in [0.25, 0.3) is 0 Å². The van der Waals surface area contributed by atoms with Crippen molar-refractivity contribution in [2.45, 2.75) is 83.7 Å². The Kier molecular flexibility index (Phi) is 8.94. The Bertz CT molecular complexity index is 1150. The Morgan fingerprint density at radius 3 is 2.54 bits per heavy atom. The van der Waals surface area contributed by atoms with Crippen molar-refractivity contribution in [1.29, 1.82) is 0 Å². The molecular formula is C29H40F3N3O6. The van der Waals surface area contributed by atoms with Gasteiger partial charge in [0.05, 0.1) is 18.3 Å². The molecule has 0 radical (unpaired) electrons. The first-order chi connectivity index (χ1) is 19.2. The minimum absolute atomic E-state index is 0.0572. The molecule has 1 aromatic carbocycles. The van der Waals surface area contributed by atoms with Gasteiger partial charge in [0.25, 0.3) is 0 Å². The molecule has 228 valence electrons. The normalized spacial score (nSPS) is 33.6. The van der Waals surface area contributed by atoms with Crippen molar-refractivity contribution in [3.63, 3.8) is 0 Å². The number of alkyl halides is 3. The third-order valence-corrected chi connectivity index (χ3v) is 9.70. The van der Waals surface area contributed by atoms with E-state index < -0.39 is 40.9 Å². The molecule has 9 nitrogen and oxygen atoms in total. The highest BCUT2D eigenvalue weighted by atomic mass is 19.4. The first-order valence-corrected chi connectivity index (χ1v) is 14.2. The fourth-order valence-electron chi connectivity index (χ4n) is 7.54. The van der Waals surface area contributed by atoms with Gasteiger partial charge in [0.2, 0.25) is 11.8 Å². The molecule has 3 fully saturated rings. The molecule has 0 aromatic heterocycles. The summed E-state index contributed by atoms with van der Waals surface area (Å²) in [5.74, 6) is -0.798. The van der Waals surface area contributed by atoms with E-state index in [1.54, 1.807) is 4.90 Å². The molecule has 12 heteroatoms. The van der Waals surface area contributed by atoms with Gasteiger partial charge < -0.3 is 25.2 Å². The van der Waals surface area contributed by atoms with E-state index in [-0.39, 0.29) is 48.4 Å². The molecule has 4 N–H and O–H groups in total. The van der Waals surface area contributed by atoms with Crippen LogP contribution in [0.5, 0.6) is 0 Å². The van der Waals surface area contributed by atoms with Crippen molar-refractivity contribution in [3.05, 3.63) is 29.8 Å². The van der Waals surface area contributed by atoms with E-state index in [4.69, 9.17) is 4.74 Å². The number of fused-ring (bicyclic) bond motifs is 1. The Balaban J connectivity index is 1.46. The lowest BCUT2D eigenvalue weighted by atomic mass is 9.46. The van der Waals surface area contributed by atoms with Crippen LogP contribution in [0.1, 0.15) is 64.9 Å². The lowest BCUT2D eigenvalue weighted by Crippen LogP contribution is -2.61. The standard InChI is InChI=1S/C29H40F3N3O6/c1-17(37)33-20-10-12-35(15-20)25(39)14-21-22(38)7-8-23-27(21,2)11-9-24(28(23,3)16-36)41-26(40)34-19-6-4-5-18(13-19)29(30,31)32/h4-6,13,20-24,36,38H,7-12,14-16H2,1-3H3,(H,33,37)(H,34,40). The van der Waals surface area contributed by atoms with Crippen LogP contribution in [-0.4, -0.2) is 71.0 Å². The van der Waals surface area contributed by atoms with E-state index >= 15 is 0 Å². The summed E-state index contributed by atoms with van der Waals surface area (Å²) in [6, 6.07) is 4.17. The average Bonchev–Trinajstić information content (AvgIpc) is 3.35. The van der Waals surface area contributed by atoms with Crippen LogP contribution in [0.4, 0.5) is 23.7 Å². The summed E-state index contributed by atoms with van der Waals surface area (Å²) in [4.78, 5) is 39.2. The summed E-state index contributed by atoms with van der Waals surface area (Å²) >= 11 is 0. The molecule has 4 rings (SSSR count). The number of likely N-dealkylation sites (tertiary alicyclic amines) is 1. The molecular weight excluding hydrogens is 543 g/mol.